The Hall–Kier alpha value is -2.50. The number of nitrogens with zero attached hydrogens (tertiary/aromatic N) is 3. The largest absolute Gasteiger partial charge is 0.353 e. The third-order valence-corrected chi connectivity index (χ3v) is 6.09. The number of halogens is 1. The van der Waals surface area contributed by atoms with Gasteiger partial charge in [-0.15, -0.1) is 0 Å². The molecule has 5 nitrogen and oxygen atoms in total. The molecule has 2 heterocycles. The van der Waals surface area contributed by atoms with Gasteiger partial charge in [0.2, 0.25) is 11.9 Å². The SMILES string of the molecule is O=C(NC1CCCCCC1)C1CCCN(c2ncc(-c3ccc(F)cc3)cn2)C1. The van der Waals surface area contributed by atoms with Gasteiger partial charge >= 0.3 is 0 Å². The lowest BCUT2D eigenvalue weighted by atomic mass is 9.96. The van der Waals surface area contributed by atoms with Gasteiger partial charge in [0.05, 0.1) is 5.92 Å². The van der Waals surface area contributed by atoms with Crippen molar-refractivity contribution >= 4 is 11.9 Å². The fraction of sp³-hybridized carbons (Fsp3) is 0.522. The minimum Gasteiger partial charge on any atom is -0.353 e. The van der Waals surface area contributed by atoms with Gasteiger partial charge in [0.15, 0.2) is 0 Å². The van der Waals surface area contributed by atoms with Crippen LogP contribution < -0.4 is 10.2 Å². The van der Waals surface area contributed by atoms with E-state index in [0.717, 1.165) is 43.4 Å². The van der Waals surface area contributed by atoms with E-state index in [1.807, 2.05) is 0 Å². The summed E-state index contributed by atoms with van der Waals surface area (Å²) in [5.41, 5.74) is 1.74. The number of aromatic nitrogens is 2. The van der Waals surface area contributed by atoms with Crippen LogP contribution in [0.2, 0.25) is 0 Å². The molecule has 1 aromatic heterocycles. The van der Waals surface area contributed by atoms with Crippen molar-refractivity contribution in [3.05, 3.63) is 42.5 Å². The molecule has 1 unspecified atom stereocenters. The number of rotatable bonds is 4. The van der Waals surface area contributed by atoms with Gasteiger partial charge in [0, 0.05) is 37.1 Å². The van der Waals surface area contributed by atoms with E-state index in [9.17, 15) is 9.18 Å². The number of carbonyl (C=O) groups is 1. The third-order valence-electron chi connectivity index (χ3n) is 6.09. The van der Waals surface area contributed by atoms with E-state index in [-0.39, 0.29) is 17.6 Å². The van der Waals surface area contributed by atoms with Crippen molar-refractivity contribution in [1.29, 1.82) is 0 Å². The maximum absolute atomic E-state index is 13.1. The molecule has 6 heteroatoms. The van der Waals surface area contributed by atoms with Crippen LogP contribution in [0.15, 0.2) is 36.7 Å². The van der Waals surface area contributed by atoms with Crippen molar-refractivity contribution in [2.45, 2.75) is 57.4 Å². The highest BCUT2D eigenvalue weighted by molar-refractivity contribution is 5.79. The number of benzene rings is 1. The molecule has 0 spiro atoms. The van der Waals surface area contributed by atoms with Crippen LogP contribution in [0.1, 0.15) is 51.4 Å². The highest BCUT2D eigenvalue weighted by Crippen LogP contribution is 2.24. The van der Waals surface area contributed by atoms with E-state index in [2.05, 4.69) is 20.2 Å². The second-order valence-electron chi connectivity index (χ2n) is 8.26. The zero-order valence-electron chi connectivity index (χ0n) is 16.8. The Balaban J connectivity index is 1.37. The standard InChI is InChI=1S/C23H29FN4O/c24-20-11-9-17(10-12-20)19-14-25-23(26-15-19)28-13-5-6-18(16-28)22(29)27-21-7-3-1-2-4-8-21/h9-12,14-15,18,21H,1-8,13,16H2,(H,27,29). The van der Waals surface area contributed by atoms with Crippen LogP contribution in [0.3, 0.4) is 0 Å². The zero-order valence-corrected chi connectivity index (χ0v) is 16.8. The molecule has 1 N–H and O–H groups in total. The van der Waals surface area contributed by atoms with Crippen LogP contribution in [0.5, 0.6) is 0 Å². The van der Waals surface area contributed by atoms with Crippen LogP contribution in [-0.2, 0) is 4.79 Å². The second kappa shape index (κ2) is 9.33. The first-order valence-electron chi connectivity index (χ1n) is 10.8. The summed E-state index contributed by atoms with van der Waals surface area (Å²) in [4.78, 5) is 23.9. The summed E-state index contributed by atoms with van der Waals surface area (Å²) in [6.45, 7) is 1.53. The fourth-order valence-electron chi connectivity index (χ4n) is 4.39. The smallest absolute Gasteiger partial charge is 0.225 e. The summed E-state index contributed by atoms with van der Waals surface area (Å²) in [5, 5.41) is 3.30. The van der Waals surface area contributed by atoms with Crippen molar-refractivity contribution in [3.8, 4) is 11.1 Å². The number of anilines is 1. The first-order chi connectivity index (χ1) is 14.2. The summed E-state index contributed by atoms with van der Waals surface area (Å²) in [6.07, 6.45) is 12.6. The highest BCUT2D eigenvalue weighted by atomic mass is 19.1. The average molecular weight is 397 g/mol. The topological polar surface area (TPSA) is 58.1 Å². The number of carbonyl (C=O) groups excluding carboxylic acids is 1. The summed E-state index contributed by atoms with van der Waals surface area (Å²) in [6, 6.07) is 6.66. The molecule has 2 fully saturated rings. The van der Waals surface area contributed by atoms with Crippen molar-refractivity contribution < 1.29 is 9.18 Å². The van der Waals surface area contributed by atoms with E-state index in [0.29, 0.717) is 18.5 Å². The molecule has 1 saturated carbocycles. The van der Waals surface area contributed by atoms with Crippen molar-refractivity contribution in [1.82, 2.24) is 15.3 Å². The van der Waals surface area contributed by atoms with Gasteiger partial charge in [0.25, 0.3) is 0 Å². The van der Waals surface area contributed by atoms with Gasteiger partial charge in [-0.05, 0) is 43.4 Å². The molecule has 2 aliphatic rings. The summed E-state index contributed by atoms with van der Waals surface area (Å²) >= 11 is 0. The number of hydrogen-bond acceptors (Lipinski definition) is 4. The Labute approximate surface area is 171 Å². The molecule has 4 rings (SSSR count). The van der Waals surface area contributed by atoms with Crippen molar-refractivity contribution in [3.63, 3.8) is 0 Å². The summed E-state index contributed by atoms with van der Waals surface area (Å²) in [7, 11) is 0. The average Bonchev–Trinajstić information content (AvgIpc) is 3.03. The first kappa shape index (κ1) is 19.8. The van der Waals surface area contributed by atoms with Gasteiger partial charge < -0.3 is 10.2 Å². The zero-order chi connectivity index (χ0) is 20.1. The lowest BCUT2D eigenvalue weighted by Gasteiger charge is -2.33. The third kappa shape index (κ3) is 5.11. The van der Waals surface area contributed by atoms with Crippen molar-refractivity contribution in [2.24, 2.45) is 5.92 Å². The normalized spacial score (nSPS) is 20.9. The Morgan fingerprint density at radius 3 is 2.31 bits per heavy atom. The molecule has 1 atom stereocenters. The van der Waals surface area contributed by atoms with Crippen LogP contribution in [0.25, 0.3) is 11.1 Å². The summed E-state index contributed by atoms with van der Waals surface area (Å²) in [5.74, 6) is 0.576. The van der Waals surface area contributed by atoms with Gasteiger partial charge in [-0.3, -0.25) is 4.79 Å². The Bertz CT molecular complexity index is 801. The molecule has 1 aliphatic heterocycles. The first-order valence-corrected chi connectivity index (χ1v) is 10.8. The number of nitrogens with one attached hydrogen (secondary N) is 1. The molecule has 29 heavy (non-hydrogen) atoms. The van der Waals surface area contributed by atoms with E-state index in [1.165, 1.54) is 37.8 Å². The lowest BCUT2D eigenvalue weighted by molar-refractivity contribution is -0.126. The molecule has 0 radical (unpaired) electrons. The molecule has 154 valence electrons. The molecular formula is C23H29FN4O. The maximum atomic E-state index is 13.1. The molecule has 1 amide bonds. The van der Waals surface area contributed by atoms with Crippen LogP contribution in [0, 0.1) is 11.7 Å². The van der Waals surface area contributed by atoms with Crippen molar-refractivity contribution in [2.75, 3.05) is 18.0 Å². The molecule has 1 aliphatic carbocycles. The fourth-order valence-corrected chi connectivity index (χ4v) is 4.39. The van der Waals surface area contributed by atoms with Gasteiger partial charge in [-0.1, -0.05) is 37.8 Å². The molecule has 1 aromatic carbocycles. The molecule has 2 aromatic rings. The number of piperidine rings is 1. The Morgan fingerprint density at radius 1 is 0.931 bits per heavy atom. The van der Waals surface area contributed by atoms with Gasteiger partial charge in [-0.25, -0.2) is 14.4 Å². The van der Waals surface area contributed by atoms with E-state index in [4.69, 9.17) is 0 Å². The molecule has 1 saturated heterocycles. The van der Waals surface area contributed by atoms with Crippen LogP contribution in [0.4, 0.5) is 10.3 Å². The minimum absolute atomic E-state index is 0.00706. The number of hydrogen-bond donors (Lipinski definition) is 1. The van der Waals surface area contributed by atoms with E-state index < -0.39 is 0 Å². The second-order valence-corrected chi connectivity index (χ2v) is 8.26. The number of amides is 1. The Kier molecular flexibility index (Phi) is 6.37. The monoisotopic (exact) mass is 396 g/mol. The lowest BCUT2D eigenvalue weighted by Crippen LogP contribution is -2.46. The maximum Gasteiger partial charge on any atom is 0.225 e. The predicted molar refractivity (Wildman–Crippen MR) is 112 cm³/mol. The predicted octanol–water partition coefficient (Wildman–Crippen LogP) is 4.34. The molecule has 0 bridgehead atoms. The van der Waals surface area contributed by atoms with Crippen LogP contribution >= 0.6 is 0 Å². The highest BCUT2D eigenvalue weighted by Gasteiger charge is 2.28. The van der Waals surface area contributed by atoms with E-state index >= 15 is 0 Å². The Morgan fingerprint density at radius 2 is 1.62 bits per heavy atom. The van der Waals surface area contributed by atoms with E-state index in [1.54, 1.807) is 24.5 Å². The quantitative estimate of drug-likeness (QED) is 0.781. The van der Waals surface area contributed by atoms with Crippen LogP contribution in [-0.4, -0.2) is 35.0 Å². The van der Waals surface area contributed by atoms with Gasteiger partial charge in [-0.2, -0.15) is 0 Å². The summed E-state index contributed by atoms with van der Waals surface area (Å²) < 4.78 is 13.1. The molecular weight excluding hydrogens is 367 g/mol. The minimum atomic E-state index is -0.257. The van der Waals surface area contributed by atoms with Gasteiger partial charge in [0.1, 0.15) is 5.82 Å².